The van der Waals surface area contributed by atoms with Crippen molar-refractivity contribution >= 4 is 15.9 Å². The van der Waals surface area contributed by atoms with Crippen molar-refractivity contribution in [2.75, 3.05) is 0 Å². The molecule has 0 unspecified atom stereocenters. The Morgan fingerprint density at radius 2 is 1.77 bits per heavy atom. The fourth-order valence-electron chi connectivity index (χ4n) is 2.09. The van der Waals surface area contributed by atoms with Crippen LogP contribution in [0.2, 0.25) is 0 Å². The maximum atomic E-state index is 12.2. The highest BCUT2D eigenvalue weighted by atomic mass is 79.9. The highest BCUT2D eigenvalue weighted by Gasteiger charge is 2.31. The van der Waals surface area contributed by atoms with Gasteiger partial charge in [-0.3, -0.25) is 0 Å². The molecule has 0 saturated carbocycles. The maximum Gasteiger partial charge on any atom is 0.573 e. The van der Waals surface area contributed by atoms with E-state index in [4.69, 9.17) is 9.26 Å². The van der Waals surface area contributed by atoms with Crippen LogP contribution < -0.4 is 9.47 Å². The molecule has 9 heteroatoms. The third-order valence-corrected chi connectivity index (χ3v) is 4.20. The third-order valence-electron chi connectivity index (χ3n) is 3.31. The Labute approximate surface area is 154 Å². The molecule has 0 N–H and O–H groups in total. The number of benzene rings is 2. The summed E-state index contributed by atoms with van der Waals surface area (Å²) in [6, 6.07) is 10.7. The number of ether oxygens (including phenoxy) is 2. The molecule has 0 aliphatic heterocycles. The lowest BCUT2D eigenvalue weighted by Gasteiger charge is -2.08. The largest absolute Gasteiger partial charge is 0.573 e. The molecule has 2 aromatic carbocycles. The average Bonchev–Trinajstić information content (AvgIpc) is 3.04. The number of rotatable bonds is 5. The maximum absolute atomic E-state index is 12.2. The minimum atomic E-state index is -4.73. The highest BCUT2D eigenvalue weighted by molar-refractivity contribution is 9.10. The number of nitrogens with zero attached hydrogens (tertiary/aromatic N) is 2. The average molecular weight is 429 g/mol. The lowest BCUT2D eigenvalue weighted by Crippen LogP contribution is -2.16. The number of aryl methyl sites for hydroxylation is 1. The molecule has 0 spiro atoms. The molecule has 0 saturated heterocycles. The van der Waals surface area contributed by atoms with E-state index in [0.717, 1.165) is 10.0 Å². The second kappa shape index (κ2) is 7.36. The summed E-state index contributed by atoms with van der Waals surface area (Å²) < 4.78 is 52.0. The zero-order valence-electron chi connectivity index (χ0n) is 13.4. The van der Waals surface area contributed by atoms with Crippen molar-refractivity contribution in [1.82, 2.24) is 10.1 Å². The monoisotopic (exact) mass is 428 g/mol. The first-order valence-electron chi connectivity index (χ1n) is 7.38. The van der Waals surface area contributed by atoms with Gasteiger partial charge in [-0.25, -0.2) is 0 Å². The standard InChI is InChI=1S/C17H12BrF3N2O3/c1-10-8-13(6-7-14(10)18)24-9-15-22-16(23-26-15)11-2-4-12(5-3-11)25-17(19,20)21/h2-8H,9H2,1H3. The van der Waals surface area contributed by atoms with E-state index >= 15 is 0 Å². The molecule has 0 fully saturated rings. The van der Waals surface area contributed by atoms with Crippen molar-refractivity contribution in [3.63, 3.8) is 0 Å². The van der Waals surface area contributed by atoms with Crippen LogP contribution in [0.3, 0.4) is 0 Å². The van der Waals surface area contributed by atoms with Gasteiger partial charge in [0.25, 0.3) is 5.89 Å². The summed E-state index contributed by atoms with van der Waals surface area (Å²) in [6.45, 7) is 2.01. The Hall–Kier alpha value is -2.55. The Morgan fingerprint density at radius 1 is 1.08 bits per heavy atom. The van der Waals surface area contributed by atoms with Gasteiger partial charge in [-0.05, 0) is 55.0 Å². The summed E-state index contributed by atoms with van der Waals surface area (Å²) in [4.78, 5) is 4.16. The van der Waals surface area contributed by atoms with Crippen LogP contribution in [0.4, 0.5) is 13.2 Å². The molecule has 3 aromatic rings. The molecular weight excluding hydrogens is 417 g/mol. The lowest BCUT2D eigenvalue weighted by atomic mass is 10.2. The van der Waals surface area contributed by atoms with E-state index in [-0.39, 0.29) is 24.1 Å². The van der Waals surface area contributed by atoms with Gasteiger partial charge in [0.05, 0.1) is 0 Å². The predicted molar refractivity (Wildman–Crippen MR) is 89.6 cm³/mol. The van der Waals surface area contributed by atoms with Gasteiger partial charge < -0.3 is 14.0 Å². The number of hydrogen-bond donors (Lipinski definition) is 0. The fourth-order valence-corrected chi connectivity index (χ4v) is 2.34. The number of aromatic nitrogens is 2. The molecule has 0 radical (unpaired) electrons. The molecule has 5 nitrogen and oxygen atoms in total. The molecule has 0 atom stereocenters. The van der Waals surface area contributed by atoms with Gasteiger partial charge >= 0.3 is 6.36 Å². The van der Waals surface area contributed by atoms with Crippen molar-refractivity contribution < 1.29 is 27.2 Å². The first kappa shape index (κ1) is 18.2. The Bertz CT molecular complexity index is 895. The second-order valence-corrected chi connectivity index (χ2v) is 6.14. The van der Waals surface area contributed by atoms with Crippen LogP contribution in [-0.2, 0) is 6.61 Å². The zero-order chi connectivity index (χ0) is 18.7. The Kier molecular flexibility index (Phi) is 5.17. The number of halogens is 4. The van der Waals surface area contributed by atoms with Gasteiger partial charge in [0.2, 0.25) is 5.82 Å². The lowest BCUT2D eigenvalue weighted by molar-refractivity contribution is -0.274. The van der Waals surface area contributed by atoms with Crippen LogP contribution in [0.1, 0.15) is 11.5 Å². The molecule has 3 rings (SSSR count). The minimum Gasteiger partial charge on any atom is -0.484 e. The van der Waals surface area contributed by atoms with Crippen molar-refractivity contribution in [2.45, 2.75) is 19.9 Å². The first-order chi connectivity index (χ1) is 12.3. The summed E-state index contributed by atoms with van der Waals surface area (Å²) in [5, 5.41) is 3.80. The van der Waals surface area contributed by atoms with E-state index in [1.807, 2.05) is 19.1 Å². The molecule has 26 heavy (non-hydrogen) atoms. The van der Waals surface area contributed by atoms with Crippen molar-refractivity contribution in [2.24, 2.45) is 0 Å². The summed E-state index contributed by atoms with van der Waals surface area (Å²) in [6.07, 6.45) is -4.73. The van der Waals surface area contributed by atoms with Gasteiger partial charge in [0, 0.05) is 10.0 Å². The van der Waals surface area contributed by atoms with Gasteiger partial charge in [-0.2, -0.15) is 4.98 Å². The van der Waals surface area contributed by atoms with Gasteiger partial charge in [0.1, 0.15) is 11.5 Å². The number of hydrogen-bond acceptors (Lipinski definition) is 5. The van der Waals surface area contributed by atoms with Crippen LogP contribution in [0.5, 0.6) is 11.5 Å². The van der Waals surface area contributed by atoms with Gasteiger partial charge in [-0.1, -0.05) is 21.1 Å². The molecule has 0 aliphatic rings. The van der Waals surface area contributed by atoms with E-state index in [9.17, 15) is 13.2 Å². The van der Waals surface area contributed by atoms with E-state index in [1.54, 1.807) is 6.07 Å². The van der Waals surface area contributed by atoms with Crippen LogP contribution in [-0.4, -0.2) is 16.5 Å². The normalized spacial score (nSPS) is 11.4. The molecular formula is C17H12BrF3N2O3. The van der Waals surface area contributed by atoms with E-state index in [2.05, 4.69) is 30.8 Å². The summed E-state index contributed by atoms with van der Waals surface area (Å²) in [5.41, 5.74) is 1.52. The van der Waals surface area contributed by atoms with Crippen molar-refractivity contribution in [3.05, 3.63) is 58.4 Å². The zero-order valence-corrected chi connectivity index (χ0v) is 15.0. The second-order valence-electron chi connectivity index (χ2n) is 5.28. The van der Waals surface area contributed by atoms with E-state index in [0.29, 0.717) is 11.3 Å². The topological polar surface area (TPSA) is 57.4 Å². The Morgan fingerprint density at radius 3 is 2.42 bits per heavy atom. The molecule has 1 aromatic heterocycles. The molecule has 0 bridgehead atoms. The smallest absolute Gasteiger partial charge is 0.484 e. The first-order valence-corrected chi connectivity index (χ1v) is 8.17. The van der Waals surface area contributed by atoms with E-state index < -0.39 is 6.36 Å². The van der Waals surface area contributed by atoms with Crippen LogP contribution in [0.15, 0.2) is 51.5 Å². The van der Waals surface area contributed by atoms with Crippen LogP contribution in [0.25, 0.3) is 11.4 Å². The summed E-state index contributed by atoms with van der Waals surface area (Å²) in [5.74, 6) is 0.823. The summed E-state index contributed by atoms with van der Waals surface area (Å²) >= 11 is 3.41. The quantitative estimate of drug-likeness (QED) is 0.552. The molecule has 136 valence electrons. The highest BCUT2D eigenvalue weighted by Crippen LogP contribution is 2.26. The number of alkyl halides is 3. The molecule has 1 heterocycles. The predicted octanol–water partition coefficient (Wildman–Crippen LogP) is 5.29. The fraction of sp³-hybridized carbons (Fsp3) is 0.176. The van der Waals surface area contributed by atoms with Crippen LogP contribution >= 0.6 is 15.9 Å². The van der Waals surface area contributed by atoms with E-state index in [1.165, 1.54) is 24.3 Å². The molecule has 0 amide bonds. The molecule has 0 aliphatic carbocycles. The van der Waals surface area contributed by atoms with Gasteiger partial charge in [0.15, 0.2) is 6.61 Å². The van der Waals surface area contributed by atoms with Crippen LogP contribution in [0, 0.1) is 6.92 Å². The third kappa shape index (κ3) is 4.75. The minimum absolute atomic E-state index is 0.0728. The Balaban J connectivity index is 1.64. The van der Waals surface area contributed by atoms with Gasteiger partial charge in [-0.15, -0.1) is 13.2 Å². The SMILES string of the molecule is Cc1cc(OCc2nc(-c3ccc(OC(F)(F)F)cc3)no2)ccc1Br. The van der Waals surface area contributed by atoms with Crippen molar-refractivity contribution in [3.8, 4) is 22.9 Å². The van der Waals surface area contributed by atoms with Crippen molar-refractivity contribution in [1.29, 1.82) is 0 Å². The summed E-state index contributed by atoms with van der Waals surface area (Å²) in [7, 11) is 0.